The molecule has 1 nitrogen and oxygen atoms in total. The first-order valence-corrected chi connectivity index (χ1v) is 6.04. The number of rotatable bonds is 5. The molecule has 0 spiro atoms. The molecule has 15 heavy (non-hydrogen) atoms. The first-order chi connectivity index (χ1) is 6.74. The van der Waals surface area contributed by atoms with Gasteiger partial charge in [-0.1, -0.05) is 54.2 Å². The van der Waals surface area contributed by atoms with Crippen LogP contribution in [0.5, 0.6) is 0 Å². The minimum absolute atomic E-state index is 0. The van der Waals surface area contributed by atoms with Crippen molar-refractivity contribution in [3.05, 3.63) is 34.3 Å². The van der Waals surface area contributed by atoms with Crippen LogP contribution in [-0.2, 0) is 0 Å². The Morgan fingerprint density at radius 1 is 1.20 bits per heavy atom. The largest absolute Gasteiger partial charge is 0.324 e. The van der Waals surface area contributed by atoms with Crippen molar-refractivity contribution in [1.82, 2.24) is 0 Å². The lowest BCUT2D eigenvalue weighted by molar-refractivity contribution is 0.581. The maximum absolute atomic E-state index is 6.07. The van der Waals surface area contributed by atoms with Gasteiger partial charge in [0, 0.05) is 10.5 Å². The van der Waals surface area contributed by atoms with Crippen LogP contribution >= 0.6 is 28.3 Å². The zero-order valence-corrected chi connectivity index (χ0v) is 11.5. The van der Waals surface area contributed by atoms with Crippen molar-refractivity contribution < 1.29 is 0 Å². The van der Waals surface area contributed by atoms with Gasteiger partial charge in [-0.2, -0.15) is 0 Å². The van der Waals surface area contributed by atoms with Crippen LogP contribution in [0.3, 0.4) is 0 Å². The van der Waals surface area contributed by atoms with Gasteiger partial charge < -0.3 is 5.73 Å². The van der Waals surface area contributed by atoms with E-state index in [0.717, 1.165) is 10.9 Å². The van der Waals surface area contributed by atoms with Crippen molar-refractivity contribution in [3.63, 3.8) is 0 Å². The maximum atomic E-state index is 6.07. The van der Waals surface area contributed by atoms with Gasteiger partial charge in [0.15, 0.2) is 0 Å². The van der Waals surface area contributed by atoms with Crippen LogP contribution in [0.15, 0.2) is 28.7 Å². The van der Waals surface area contributed by atoms with E-state index in [1.807, 2.05) is 0 Å². The third kappa shape index (κ3) is 5.55. The van der Waals surface area contributed by atoms with Gasteiger partial charge in [-0.15, -0.1) is 12.4 Å². The standard InChI is InChI=1S/C12H18BrN.ClH/c1-2-3-4-5-12(14)10-6-8-11(13)9-7-10;/h6-9,12H,2-5,14H2,1H3;1H/t12-;/m0./s1. The van der Waals surface area contributed by atoms with Crippen LogP contribution in [0.4, 0.5) is 0 Å². The normalized spacial score (nSPS) is 11.9. The fourth-order valence-electron chi connectivity index (χ4n) is 1.49. The Hall–Kier alpha value is -0.0500. The molecule has 0 aliphatic rings. The fourth-order valence-corrected chi connectivity index (χ4v) is 1.76. The Kier molecular flexibility index (Phi) is 8.12. The van der Waals surface area contributed by atoms with E-state index < -0.39 is 0 Å². The third-order valence-corrected chi connectivity index (χ3v) is 2.95. The fraction of sp³-hybridized carbons (Fsp3) is 0.500. The van der Waals surface area contributed by atoms with Gasteiger partial charge >= 0.3 is 0 Å². The van der Waals surface area contributed by atoms with E-state index in [-0.39, 0.29) is 18.4 Å². The molecule has 0 aliphatic carbocycles. The van der Waals surface area contributed by atoms with Crippen molar-refractivity contribution in [2.45, 2.75) is 38.6 Å². The predicted molar refractivity (Wildman–Crippen MR) is 72.5 cm³/mol. The average Bonchev–Trinajstić information content (AvgIpc) is 2.19. The van der Waals surface area contributed by atoms with Crippen LogP contribution < -0.4 is 5.73 Å². The predicted octanol–water partition coefficient (Wildman–Crippen LogP) is 4.45. The lowest BCUT2D eigenvalue weighted by Crippen LogP contribution is -2.09. The molecule has 0 saturated carbocycles. The van der Waals surface area contributed by atoms with Crippen molar-refractivity contribution in [2.24, 2.45) is 5.73 Å². The minimum Gasteiger partial charge on any atom is -0.324 e. The first kappa shape index (κ1) is 14.9. The van der Waals surface area contributed by atoms with Crippen molar-refractivity contribution in [2.75, 3.05) is 0 Å². The summed E-state index contributed by atoms with van der Waals surface area (Å²) in [6, 6.07) is 8.50. The molecule has 1 atom stereocenters. The van der Waals surface area contributed by atoms with Gasteiger partial charge in [-0.05, 0) is 24.1 Å². The summed E-state index contributed by atoms with van der Waals surface area (Å²) in [5.74, 6) is 0. The molecule has 2 N–H and O–H groups in total. The molecular formula is C12H19BrClN. The topological polar surface area (TPSA) is 26.0 Å². The Bertz CT molecular complexity index is 261. The lowest BCUT2D eigenvalue weighted by Gasteiger charge is -2.11. The van der Waals surface area contributed by atoms with E-state index in [1.54, 1.807) is 0 Å². The van der Waals surface area contributed by atoms with Crippen LogP contribution in [0, 0.1) is 0 Å². The molecule has 1 rings (SSSR count). The number of unbranched alkanes of at least 4 members (excludes halogenated alkanes) is 2. The number of nitrogens with two attached hydrogens (primary N) is 1. The van der Waals surface area contributed by atoms with E-state index in [0.29, 0.717) is 0 Å². The summed E-state index contributed by atoms with van der Waals surface area (Å²) in [4.78, 5) is 0. The second-order valence-corrected chi connectivity index (χ2v) is 4.57. The maximum Gasteiger partial charge on any atom is 0.0294 e. The van der Waals surface area contributed by atoms with Crippen LogP contribution in [0.1, 0.15) is 44.2 Å². The van der Waals surface area contributed by atoms with Crippen LogP contribution in [0.2, 0.25) is 0 Å². The number of halogens is 2. The van der Waals surface area contributed by atoms with E-state index in [1.165, 1.54) is 24.8 Å². The van der Waals surface area contributed by atoms with Gasteiger partial charge in [0.2, 0.25) is 0 Å². The Morgan fingerprint density at radius 2 is 1.80 bits per heavy atom. The molecule has 0 saturated heterocycles. The quantitative estimate of drug-likeness (QED) is 0.797. The van der Waals surface area contributed by atoms with Gasteiger partial charge in [0.25, 0.3) is 0 Å². The highest BCUT2D eigenvalue weighted by molar-refractivity contribution is 9.10. The molecule has 3 heteroatoms. The molecule has 0 aromatic heterocycles. The molecule has 0 amide bonds. The number of hydrogen-bond acceptors (Lipinski definition) is 1. The summed E-state index contributed by atoms with van der Waals surface area (Å²) < 4.78 is 1.11. The van der Waals surface area contributed by atoms with Gasteiger partial charge in [0.1, 0.15) is 0 Å². The van der Waals surface area contributed by atoms with Crippen molar-refractivity contribution >= 4 is 28.3 Å². The van der Waals surface area contributed by atoms with Crippen molar-refractivity contribution in [3.8, 4) is 0 Å². The smallest absolute Gasteiger partial charge is 0.0294 e. The lowest BCUT2D eigenvalue weighted by atomic mass is 10.0. The zero-order chi connectivity index (χ0) is 10.4. The Labute approximate surface area is 107 Å². The Morgan fingerprint density at radius 3 is 2.33 bits per heavy atom. The minimum atomic E-state index is 0. The molecule has 86 valence electrons. The molecule has 0 fully saturated rings. The van der Waals surface area contributed by atoms with Gasteiger partial charge in [-0.25, -0.2) is 0 Å². The molecule has 0 heterocycles. The molecular weight excluding hydrogens is 273 g/mol. The van der Waals surface area contributed by atoms with Crippen LogP contribution in [0.25, 0.3) is 0 Å². The Balaban J connectivity index is 0.00000196. The average molecular weight is 293 g/mol. The summed E-state index contributed by atoms with van der Waals surface area (Å²) in [5, 5.41) is 0. The molecule has 1 aromatic rings. The molecule has 0 bridgehead atoms. The number of benzene rings is 1. The molecule has 0 unspecified atom stereocenters. The monoisotopic (exact) mass is 291 g/mol. The van der Waals surface area contributed by atoms with E-state index in [4.69, 9.17) is 5.73 Å². The summed E-state index contributed by atoms with van der Waals surface area (Å²) >= 11 is 3.42. The highest BCUT2D eigenvalue weighted by atomic mass is 79.9. The second kappa shape index (κ2) is 8.14. The molecule has 0 aliphatic heterocycles. The summed E-state index contributed by atoms with van der Waals surface area (Å²) in [6.07, 6.45) is 4.86. The zero-order valence-electron chi connectivity index (χ0n) is 9.08. The summed E-state index contributed by atoms with van der Waals surface area (Å²) in [6.45, 7) is 2.21. The highest BCUT2D eigenvalue weighted by Gasteiger charge is 2.04. The molecule has 0 radical (unpaired) electrons. The van der Waals surface area contributed by atoms with Gasteiger partial charge in [-0.3, -0.25) is 0 Å². The first-order valence-electron chi connectivity index (χ1n) is 5.25. The van der Waals surface area contributed by atoms with E-state index >= 15 is 0 Å². The number of hydrogen-bond donors (Lipinski definition) is 1. The third-order valence-electron chi connectivity index (χ3n) is 2.42. The summed E-state index contributed by atoms with van der Waals surface area (Å²) in [7, 11) is 0. The highest BCUT2D eigenvalue weighted by Crippen LogP contribution is 2.19. The van der Waals surface area contributed by atoms with Gasteiger partial charge in [0.05, 0.1) is 0 Å². The van der Waals surface area contributed by atoms with Crippen LogP contribution in [-0.4, -0.2) is 0 Å². The second-order valence-electron chi connectivity index (χ2n) is 3.65. The van der Waals surface area contributed by atoms with E-state index in [9.17, 15) is 0 Å². The van der Waals surface area contributed by atoms with E-state index in [2.05, 4.69) is 47.1 Å². The summed E-state index contributed by atoms with van der Waals surface area (Å²) in [5.41, 5.74) is 7.31. The molecule has 1 aromatic carbocycles. The van der Waals surface area contributed by atoms with Crippen molar-refractivity contribution in [1.29, 1.82) is 0 Å². The SMILES string of the molecule is CCCCC[C@H](N)c1ccc(Br)cc1.Cl.